The average Bonchev–Trinajstić information content (AvgIpc) is 2.40. The fourth-order valence-electron chi connectivity index (χ4n) is 3.61. The molecule has 0 aromatic carbocycles. The largest absolute Gasteiger partial charge is 0.313 e. The topological polar surface area (TPSA) is 15.3 Å². The zero-order valence-corrected chi connectivity index (χ0v) is 13.7. The fraction of sp³-hybridized carbons (Fsp3) is 1.00. The molecule has 3 heteroatoms. The third kappa shape index (κ3) is 6.05. The summed E-state index contributed by atoms with van der Waals surface area (Å²) in [4.78, 5) is 2.62. The lowest BCUT2D eigenvalue weighted by Gasteiger charge is -2.32. The first-order valence-electron chi connectivity index (χ1n) is 8.27. The van der Waals surface area contributed by atoms with Gasteiger partial charge in [-0.3, -0.25) is 0 Å². The van der Waals surface area contributed by atoms with Gasteiger partial charge >= 0.3 is 0 Å². The molecule has 0 aromatic heterocycles. The lowest BCUT2D eigenvalue weighted by atomic mass is 9.81. The highest BCUT2D eigenvalue weighted by Crippen LogP contribution is 2.29. The van der Waals surface area contributed by atoms with E-state index in [2.05, 4.69) is 35.8 Å². The van der Waals surface area contributed by atoms with E-state index in [0.717, 1.165) is 17.9 Å². The Labute approximate surface area is 124 Å². The van der Waals surface area contributed by atoms with Gasteiger partial charge in [0.15, 0.2) is 0 Å². The Morgan fingerprint density at radius 3 is 2.74 bits per heavy atom. The first-order chi connectivity index (χ1) is 9.24. The minimum atomic E-state index is 0.802. The van der Waals surface area contributed by atoms with Gasteiger partial charge in [-0.1, -0.05) is 26.7 Å². The molecule has 2 atom stereocenters. The van der Waals surface area contributed by atoms with Crippen molar-refractivity contribution in [3.05, 3.63) is 0 Å². The van der Waals surface area contributed by atoms with Gasteiger partial charge in [0.05, 0.1) is 0 Å². The van der Waals surface area contributed by atoms with Crippen molar-refractivity contribution < 1.29 is 0 Å². The molecule has 0 bridgehead atoms. The zero-order valence-electron chi connectivity index (χ0n) is 12.9. The molecule has 0 spiro atoms. The van der Waals surface area contributed by atoms with E-state index in [4.69, 9.17) is 0 Å². The quantitative estimate of drug-likeness (QED) is 0.806. The Bertz CT molecular complexity index is 239. The van der Waals surface area contributed by atoms with Crippen LogP contribution in [0.5, 0.6) is 0 Å². The van der Waals surface area contributed by atoms with E-state index in [0.29, 0.717) is 0 Å². The van der Waals surface area contributed by atoms with Gasteiger partial charge in [-0.2, -0.15) is 11.8 Å². The molecule has 1 aliphatic heterocycles. The van der Waals surface area contributed by atoms with E-state index in [1.807, 2.05) is 0 Å². The van der Waals surface area contributed by atoms with Crippen molar-refractivity contribution in [2.75, 3.05) is 37.7 Å². The molecular formula is C16H32N2S. The van der Waals surface area contributed by atoms with Crippen LogP contribution in [0, 0.1) is 11.8 Å². The number of hydrogen-bond donors (Lipinski definition) is 1. The first kappa shape index (κ1) is 15.7. The summed E-state index contributed by atoms with van der Waals surface area (Å²) in [5.41, 5.74) is 0. The predicted octanol–water partition coefficient (Wildman–Crippen LogP) is 3.23. The summed E-state index contributed by atoms with van der Waals surface area (Å²) in [6.07, 6.45) is 7.18. The van der Waals surface area contributed by atoms with Crippen molar-refractivity contribution in [2.24, 2.45) is 11.8 Å². The molecule has 19 heavy (non-hydrogen) atoms. The Balaban J connectivity index is 1.59. The highest BCUT2D eigenvalue weighted by molar-refractivity contribution is 7.99. The van der Waals surface area contributed by atoms with Crippen molar-refractivity contribution in [3.8, 4) is 0 Å². The van der Waals surface area contributed by atoms with E-state index in [1.165, 1.54) is 69.8 Å². The molecule has 2 unspecified atom stereocenters. The second-order valence-electron chi connectivity index (χ2n) is 6.77. The Hall–Kier alpha value is 0.270. The second kappa shape index (κ2) is 8.53. The van der Waals surface area contributed by atoms with Gasteiger partial charge in [0, 0.05) is 43.7 Å². The lowest BCUT2D eigenvalue weighted by molar-refractivity contribution is 0.239. The summed E-state index contributed by atoms with van der Waals surface area (Å²) in [6.45, 7) is 9.78. The normalized spacial score (nSPS) is 29.8. The van der Waals surface area contributed by atoms with Crippen LogP contribution in [0.2, 0.25) is 0 Å². The maximum atomic E-state index is 3.82. The van der Waals surface area contributed by atoms with Gasteiger partial charge in [-0.15, -0.1) is 0 Å². The molecular weight excluding hydrogens is 252 g/mol. The van der Waals surface area contributed by atoms with Crippen molar-refractivity contribution in [2.45, 2.75) is 52.0 Å². The summed E-state index contributed by atoms with van der Waals surface area (Å²) in [7, 11) is 0. The lowest BCUT2D eigenvalue weighted by Crippen LogP contribution is -2.42. The molecule has 1 heterocycles. The van der Waals surface area contributed by atoms with E-state index in [1.54, 1.807) is 0 Å². The molecule has 0 amide bonds. The standard InChI is InChI=1S/C16H32N2S/c1-14(2)12-15-4-3-5-16(13-15)17-6-7-18-8-10-19-11-9-18/h14-17H,3-13H2,1-2H3. The van der Waals surface area contributed by atoms with Gasteiger partial charge in [0.2, 0.25) is 0 Å². The Morgan fingerprint density at radius 2 is 2.00 bits per heavy atom. The molecule has 2 rings (SSSR count). The number of rotatable bonds is 6. The number of thioether (sulfide) groups is 1. The summed E-state index contributed by atoms with van der Waals surface area (Å²) in [5, 5.41) is 3.82. The van der Waals surface area contributed by atoms with Crippen LogP contribution in [0.4, 0.5) is 0 Å². The highest BCUT2D eigenvalue weighted by Gasteiger charge is 2.22. The third-order valence-corrected chi connectivity index (χ3v) is 5.49. The minimum absolute atomic E-state index is 0.802. The summed E-state index contributed by atoms with van der Waals surface area (Å²) < 4.78 is 0. The number of nitrogens with one attached hydrogen (secondary N) is 1. The smallest absolute Gasteiger partial charge is 0.0108 e. The first-order valence-corrected chi connectivity index (χ1v) is 9.43. The maximum Gasteiger partial charge on any atom is 0.0108 e. The van der Waals surface area contributed by atoms with Crippen LogP contribution < -0.4 is 5.32 Å². The van der Waals surface area contributed by atoms with Crippen LogP contribution in [-0.2, 0) is 0 Å². The van der Waals surface area contributed by atoms with E-state index < -0.39 is 0 Å². The molecule has 1 saturated carbocycles. The molecule has 1 N–H and O–H groups in total. The van der Waals surface area contributed by atoms with Crippen LogP contribution in [0.3, 0.4) is 0 Å². The molecule has 2 aliphatic rings. The maximum absolute atomic E-state index is 3.82. The summed E-state index contributed by atoms with van der Waals surface area (Å²) >= 11 is 2.10. The molecule has 1 aliphatic carbocycles. The molecule has 2 fully saturated rings. The summed E-state index contributed by atoms with van der Waals surface area (Å²) in [6, 6.07) is 0.802. The van der Waals surface area contributed by atoms with Crippen molar-refractivity contribution in [1.29, 1.82) is 0 Å². The SMILES string of the molecule is CC(C)CC1CCCC(NCCN2CCSCC2)C1. The van der Waals surface area contributed by atoms with Crippen LogP contribution in [-0.4, -0.2) is 48.6 Å². The molecule has 1 saturated heterocycles. The van der Waals surface area contributed by atoms with Crippen molar-refractivity contribution in [3.63, 3.8) is 0 Å². The average molecular weight is 285 g/mol. The van der Waals surface area contributed by atoms with Crippen LogP contribution in [0.15, 0.2) is 0 Å². The predicted molar refractivity (Wildman–Crippen MR) is 87.0 cm³/mol. The monoisotopic (exact) mass is 284 g/mol. The van der Waals surface area contributed by atoms with Crippen LogP contribution in [0.1, 0.15) is 46.0 Å². The Kier molecular flexibility index (Phi) is 7.03. The molecule has 0 aromatic rings. The summed E-state index contributed by atoms with van der Waals surface area (Å²) in [5.74, 6) is 4.52. The molecule has 2 nitrogen and oxygen atoms in total. The van der Waals surface area contributed by atoms with Gasteiger partial charge in [0.25, 0.3) is 0 Å². The minimum Gasteiger partial charge on any atom is -0.313 e. The Morgan fingerprint density at radius 1 is 1.21 bits per heavy atom. The number of nitrogens with zero attached hydrogens (tertiary/aromatic N) is 1. The van der Waals surface area contributed by atoms with Crippen LogP contribution >= 0.6 is 11.8 Å². The fourth-order valence-corrected chi connectivity index (χ4v) is 4.59. The van der Waals surface area contributed by atoms with E-state index in [-0.39, 0.29) is 0 Å². The van der Waals surface area contributed by atoms with Crippen LogP contribution in [0.25, 0.3) is 0 Å². The molecule has 0 radical (unpaired) electrons. The van der Waals surface area contributed by atoms with Crippen molar-refractivity contribution in [1.82, 2.24) is 10.2 Å². The van der Waals surface area contributed by atoms with E-state index in [9.17, 15) is 0 Å². The zero-order chi connectivity index (χ0) is 13.5. The molecule has 112 valence electrons. The van der Waals surface area contributed by atoms with Gasteiger partial charge in [-0.05, 0) is 31.1 Å². The van der Waals surface area contributed by atoms with Gasteiger partial charge in [0.1, 0.15) is 0 Å². The van der Waals surface area contributed by atoms with Gasteiger partial charge in [-0.25, -0.2) is 0 Å². The van der Waals surface area contributed by atoms with Crippen molar-refractivity contribution >= 4 is 11.8 Å². The number of hydrogen-bond acceptors (Lipinski definition) is 3. The van der Waals surface area contributed by atoms with E-state index >= 15 is 0 Å². The second-order valence-corrected chi connectivity index (χ2v) is 7.99. The van der Waals surface area contributed by atoms with Gasteiger partial charge < -0.3 is 10.2 Å². The highest BCUT2D eigenvalue weighted by atomic mass is 32.2. The third-order valence-electron chi connectivity index (χ3n) is 4.55.